The first-order valence-corrected chi connectivity index (χ1v) is 9.56. The number of benzene rings is 1. The zero-order chi connectivity index (χ0) is 19.7. The van der Waals surface area contributed by atoms with Crippen molar-refractivity contribution in [1.29, 1.82) is 0 Å². The van der Waals surface area contributed by atoms with E-state index in [4.69, 9.17) is 0 Å². The third kappa shape index (κ3) is 3.49. The summed E-state index contributed by atoms with van der Waals surface area (Å²) in [5, 5.41) is 14.5. The zero-order valence-electron chi connectivity index (χ0n) is 16.1. The standard InChI is InChI=1S/C19H24FN7O/c1-12-18(24-25-27(12)14-5-8-21-9-6-14)19(28)22-10-7-17-23-15-11-13(20)3-4-16(15)26(17)2/h3-4,11,14,21H,5-10H2,1-2H3,(H,22,28). The minimum Gasteiger partial charge on any atom is -0.350 e. The molecule has 8 nitrogen and oxygen atoms in total. The van der Waals surface area contributed by atoms with Gasteiger partial charge in [0.25, 0.3) is 5.91 Å². The van der Waals surface area contributed by atoms with E-state index in [1.165, 1.54) is 12.1 Å². The zero-order valence-corrected chi connectivity index (χ0v) is 16.1. The highest BCUT2D eigenvalue weighted by atomic mass is 19.1. The predicted molar refractivity (Wildman–Crippen MR) is 103 cm³/mol. The number of hydrogen-bond acceptors (Lipinski definition) is 5. The van der Waals surface area contributed by atoms with Gasteiger partial charge in [0.15, 0.2) is 5.69 Å². The Morgan fingerprint density at radius 3 is 2.93 bits per heavy atom. The number of aromatic nitrogens is 5. The topological polar surface area (TPSA) is 89.7 Å². The summed E-state index contributed by atoms with van der Waals surface area (Å²) < 4.78 is 17.2. The second-order valence-corrected chi connectivity index (χ2v) is 7.18. The molecule has 0 spiro atoms. The van der Waals surface area contributed by atoms with Gasteiger partial charge in [-0.3, -0.25) is 4.79 Å². The summed E-state index contributed by atoms with van der Waals surface area (Å²) in [7, 11) is 1.89. The third-order valence-electron chi connectivity index (χ3n) is 5.37. The lowest BCUT2D eigenvalue weighted by molar-refractivity contribution is 0.0948. The van der Waals surface area contributed by atoms with E-state index in [0.717, 1.165) is 43.0 Å². The number of nitrogens with zero attached hydrogens (tertiary/aromatic N) is 5. The van der Waals surface area contributed by atoms with Crippen LogP contribution in [0.1, 0.15) is 40.9 Å². The van der Waals surface area contributed by atoms with Crippen molar-refractivity contribution in [3.05, 3.63) is 41.2 Å². The van der Waals surface area contributed by atoms with Crippen LogP contribution in [0.15, 0.2) is 18.2 Å². The maximum Gasteiger partial charge on any atom is 0.273 e. The SMILES string of the molecule is Cc1c(C(=O)NCCc2nc3cc(F)ccc3n2C)nnn1C1CCNCC1. The van der Waals surface area contributed by atoms with Crippen LogP contribution in [0.4, 0.5) is 4.39 Å². The first-order chi connectivity index (χ1) is 13.5. The number of nitrogens with one attached hydrogen (secondary N) is 2. The molecule has 4 rings (SSSR count). The van der Waals surface area contributed by atoms with Crippen LogP contribution in [0.5, 0.6) is 0 Å². The first kappa shape index (κ1) is 18.5. The Labute approximate surface area is 162 Å². The van der Waals surface area contributed by atoms with Gasteiger partial charge in [-0.05, 0) is 45.0 Å². The highest BCUT2D eigenvalue weighted by Crippen LogP contribution is 2.20. The maximum absolute atomic E-state index is 13.4. The fourth-order valence-corrected chi connectivity index (χ4v) is 3.77. The highest BCUT2D eigenvalue weighted by molar-refractivity contribution is 5.93. The van der Waals surface area contributed by atoms with E-state index in [0.29, 0.717) is 24.2 Å². The van der Waals surface area contributed by atoms with Crippen LogP contribution in [0.25, 0.3) is 11.0 Å². The summed E-state index contributed by atoms with van der Waals surface area (Å²) in [6.07, 6.45) is 2.51. The Morgan fingerprint density at radius 1 is 1.36 bits per heavy atom. The molecule has 148 valence electrons. The van der Waals surface area contributed by atoms with Crippen molar-refractivity contribution in [2.75, 3.05) is 19.6 Å². The van der Waals surface area contributed by atoms with Gasteiger partial charge in [-0.1, -0.05) is 5.21 Å². The molecule has 2 N–H and O–H groups in total. The molecule has 28 heavy (non-hydrogen) atoms. The lowest BCUT2D eigenvalue weighted by Crippen LogP contribution is -2.30. The van der Waals surface area contributed by atoms with E-state index in [1.54, 1.807) is 6.07 Å². The normalized spacial score (nSPS) is 15.2. The second kappa shape index (κ2) is 7.67. The molecule has 1 aliphatic heterocycles. The van der Waals surface area contributed by atoms with E-state index >= 15 is 0 Å². The van der Waals surface area contributed by atoms with Crippen LogP contribution in [0.3, 0.4) is 0 Å². The smallest absolute Gasteiger partial charge is 0.273 e. The lowest BCUT2D eigenvalue weighted by Gasteiger charge is -2.23. The number of piperidine rings is 1. The quantitative estimate of drug-likeness (QED) is 0.695. The van der Waals surface area contributed by atoms with Crippen molar-refractivity contribution in [3.8, 4) is 0 Å². The molecule has 0 aliphatic carbocycles. The molecule has 1 saturated heterocycles. The molecular weight excluding hydrogens is 361 g/mol. The Kier molecular flexibility index (Phi) is 5.08. The first-order valence-electron chi connectivity index (χ1n) is 9.56. The van der Waals surface area contributed by atoms with Crippen LogP contribution < -0.4 is 10.6 Å². The number of aryl methyl sites for hydroxylation is 1. The number of halogens is 1. The Hall–Kier alpha value is -2.81. The van der Waals surface area contributed by atoms with Gasteiger partial charge in [0.1, 0.15) is 11.6 Å². The summed E-state index contributed by atoms with van der Waals surface area (Å²) in [6.45, 7) is 4.20. The minimum absolute atomic E-state index is 0.234. The number of amides is 1. The molecule has 3 aromatic rings. The molecule has 0 saturated carbocycles. The van der Waals surface area contributed by atoms with Gasteiger partial charge in [-0.15, -0.1) is 5.10 Å². The van der Waals surface area contributed by atoms with E-state index in [9.17, 15) is 9.18 Å². The van der Waals surface area contributed by atoms with Crippen LogP contribution in [0.2, 0.25) is 0 Å². The molecule has 0 radical (unpaired) electrons. The van der Waals surface area contributed by atoms with Gasteiger partial charge >= 0.3 is 0 Å². The Morgan fingerprint density at radius 2 is 2.14 bits per heavy atom. The van der Waals surface area contributed by atoms with E-state index in [2.05, 4.69) is 25.9 Å². The summed E-state index contributed by atoms with van der Waals surface area (Å²) in [5.74, 6) is 0.247. The largest absolute Gasteiger partial charge is 0.350 e. The molecule has 1 fully saturated rings. The Bertz CT molecular complexity index is 1000. The van der Waals surface area contributed by atoms with Gasteiger partial charge in [0.05, 0.1) is 22.8 Å². The molecule has 1 amide bonds. The predicted octanol–water partition coefficient (Wildman–Crippen LogP) is 1.51. The Balaban J connectivity index is 1.40. The van der Waals surface area contributed by atoms with Gasteiger partial charge < -0.3 is 15.2 Å². The van der Waals surface area contributed by atoms with Gasteiger partial charge in [-0.2, -0.15) is 0 Å². The van der Waals surface area contributed by atoms with Crippen molar-refractivity contribution >= 4 is 16.9 Å². The number of carbonyl (C=O) groups excluding carboxylic acids is 1. The van der Waals surface area contributed by atoms with Gasteiger partial charge in [-0.25, -0.2) is 14.1 Å². The number of imidazole rings is 1. The number of carbonyl (C=O) groups is 1. The van der Waals surface area contributed by atoms with E-state index in [-0.39, 0.29) is 17.8 Å². The van der Waals surface area contributed by atoms with Crippen molar-refractivity contribution < 1.29 is 9.18 Å². The van der Waals surface area contributed by atoms with Crippen molar-refractivity contribution in [2.24, 2.45) is 7.05 Å². The monoisotopic (exact) mass is 385 g/mol. The maximum atomic E-state index is 13.4. The number of hydrogen-bond donors (Lipinski definition) is 2. The summed E-state index contributed by atoms with van der Waals surface area (Å²) in [6, 6.07) is 4.84. The van der Waals surface area contributed by atoms with E-state index in [1.807, 2.05) is 23.2 Å². The van der Waals surface area contributed by atoms with Crippen LogP contribution in [-0.4, -0.2) is 50.1 Å². The molecule has 0 atom stereocenters. The van der Waals surface area contributed by atoms with Gasteiger partial charge in [0.2, 0.25) is 0 Å². The summed E-state index contributed by atoms with van der Waals surface area (Å²) in [5.41, 5.74) is 2.64. The average Bonchev–Trinajstić information content (AvgIpc) is 3.22. The molecule has 9 heteroatoms. The molecule has 3 heterocycles. The van der Waals surface area contributed by atoms with Crippen LogP contribution in [0, 0.1) is 12.7 Å². The van der Waals surface area contributed by atoms with Gasteiger partial charge in [0, 0.05) is 26.1 Å². The van der Waals surface area contributed by atoms with Crippen molar-refractivity contribution in [3.63, 3.8) is 0 Å². The minimum atomic E-state index is -0.308. The number of rotatable bonds is 5. The summed E-state index contributed by atoms with van der Waals surface area (Å²) >= 11 is 0. The van der Waals surface area contributed by atoms with E-state index < -0.39 is 0 Å². The molecule has 0 bridgehead atoms. The second-order valence-electron chi connectivity index (χ2n) is 7.18. The molecule has 1 aromatic carbocycles. The van der Waals surface area contributed by atoms with Crippen LogP contribution in [-0.2, 0) is 13.5 Å². The molecule has 2 aromatic heterocycles. The van der Waals surface area contributed by atoms with Crippen molar-refractivity contribution in [2.45, 2.75) is 32.2 Å². The highest BCUT2D eigenvalue weighted by Gasteiger charge is 2.22. The fraction of sp³-hybridized carbons (Fsp3) is 0.474. The van der Waals surface area contributed by atoms with Crippen LogP contribution >= 0.6 is 0 Å². The average molecular weight is 385 g/mol. The summed E-state index contributed by atoms with van der Waals surface area (Å²) in [4.78, 5) is 17.0. The molecule has 0 unspecified atom stereocenters. The molecular formula is C19H24FN7O. The van der Waals surface area contributed by atoms with Crippen molar-refractivity contribution in [1.82, 2.24) is 35.2 Å². The lowest BCUT2D eigenvalue weighted by atomic mass is 10.1. The third-order valence-corrected chi connectivity index (χ3v) is 5.37. The number of fused-ring (bicyclic) bond motifs is 1. The fourth-order valence-electron chi connectivity index (χ4n) is 3.77. The molecule has 1 aliphatic rings.